The van der Waals surface area contributed by atoms with Gasteiger partial charge in [0.05, 0.1) is 0 Å². The highest BCUT2D eigenvalue weighted by Crippen LogP contribution is 2.25. The highest BCUT2D eigenvalue weighted by atomic mass is 19.3. The first-order valence-corrected chi connectivity index (χ1v) is 4.91. The third-order valence-corrected chi connectivity index (χ3v) is 2.02. The maximum atomic E-state index is 13.0. The molecule has 0 saturated carbocycles. The second kappa shape index (κ2) is 5.36. The lowest BCUT2D eigenvalue weighted by molar-refractivity contribution is 0.00600. The van der Waals surface area contributed by atoms with E-state index < -0.39 is 11.8 Å². The topological polar surface area (TPSA) is 0 Å². The van der Waals surface area contributed by atoms with Crippen molar-refractivity contribution in [3.05, 3.63) is 12.2 Å². The van der Waals surface area contributed by atoms with Gasteiger partial charge in [0.2, 0.25) is 0 Å². The van der Waals surface area contributed by atoms with Crippen LogP contribution in [0.1, 0.15) is 40.5 Å². The lowest BCUT2D eigenvalue weighted by Gasteiger charge is -2.15. The van der Waals surface area contributed by atoms with Crippen LogP contribution in [-0.2, 0) is 0 Å². The van der Waals surface area contributed by atoms with Crippen LogP contribution in [0.25, 0.3) is 0 Å². The number of allylic oxidation sites excluding steroid dienone is 2. The van der Waals surface area contributed by atoms with Crippen LogP contribution in [0.3, 0.4) is 0 Å². The minimum atomic E-state index is -2.64. The van der Waals surface area contributed by atoms with Gasteiger partial charge in [0.25, 0.3) is 5.92 Å². The molecule has 0 saturated heterocycles. The van der Waals surface area contributed by atoms with Gasteiger partial charge in [0, 0.05) is 5.92 Å². The summed E-state index contributed by atoms with van der Waals surface area (Å²) in [7, 11) is 0. The molecule has 0 spiro atoms. The number of alkyl halides is 2. The van der Waals surface area contributed by atoms with Gasteiger partial charge in [-0.15, -0.1) is 0 Å². The van der Waals surface area contributed by atoms with Gasteiger partial charge in [-0.05, 0) is 24.8 Å². The number of hydrogen-bond donors (Lipinski definition) is 0. The predicted molar refractivity (Wildman–Crippen MR) is 53.0 cm³/mol. The van der Waals surface area contributed by atoms with Crippen molar-refractivity contribution in [1.82, 2.24) is 0 Å². The van der Waals surface area contributed by atoms with E-state index in [4.69, 9.17) is 0 Å². The normalized spacial score (nSPS) is 13.5. The molecule has 0 heterocycles. The minimum absolute atomic E-state index is 0.581. The Balaban J connectivity index is 3.83. The van der Waals surface area contributed by atoms with Crippen molar-refractivity contribution < 1.29 is 8.78 Å². The van der Waals surface area contributed by atoms with Gasteiger partial charge in [0.1, 0.15) is 0 Å². The van der Waals surface area contributed by atoms with Crippen LogP contribution in [0.2, 0.25) is 0 Å². The largest absolute Gasteiger partial charge is 0.268 e. The van der Waals surface area contributed by atoms with Crippen molar-refractivity contribution in [2.24, 2.45) is 11.8 Å². The van der Waals surface area contributed by atoms with E-state index in [0.29, 0.717) is 5.92 Å². The van der Waals surface area contributed by atoms with Gasteiger partial charge >= 0.3 is 0 Å². The molecule has 13 heavy (non-hydrogen) atoms. The van der Waals surface area contributed by atoms with Gasteiger partial charge < -0.3 is 0 Å². The first kappa shape index (κ1) is 12.6. The average molecular weight is 190 g/mol. The summed E-state index contributed by atoms with van der Waals surface area (Å²) < 4.78 is 26.0. The molecule has 0 radical (unpaired) electrons. The van der Waals surface area contributed by atoms with E-state index in [1.807, 2.05) is 0 Å². The zero-order valence-electron chi connectivity index (χ0n) is 8.98. The second-order valence-corrected chi connectivity index (χ2v) is 4.20. The molecule has 78 valence electrons. The first-order valence-electron chi connectivity index (χ1n) is 4.91. The molecule has 0 atom stereocenters. The number of rotatable bonds is 5. The molecule has 0 aromatic carbocycles. The molecule has 0 aliphatic rings. The van der Waals surface area contributed by atoms with Crippen molar-refractivity contribution in [3.8, 4) is 0 Å². The van der Waals surface area contributed by atoms with E-state index in [1.165, 1.54) is 13.8 Å². The van der Waals surface area contributed by atoms with E-state index in [1.54, 1.807) is 6.08 Å². The second-order valence-electron chi connectivity index (χ2n) is 4.20. The summed E-state index contributed by atoms with van der Waals surface area (Å²) in [5, 5.41) is 0. The third-order valence-electron chi connectivity index (χ3n) is 2.02. The molecule has 0 fully saturated rings. The fraction of sp³-hybridized carbons (Fsp3) is 0.818. The van der Waals surface area contributed by atoms with Crippen molar-refractivity contribution in [2.45, 2.75) is 46.5 Å². The summed E-state index contributed by atoms with van der Waals surface area (Å²) in [6.45, 7) is 7.25. The Labute approximate surface area is 80.0 Å². The molecule has 0 unspecified atom stereocenters. The third kappa shape index (κ3) is 5.78. The van der Waals surface area contributed by atoms with Gasteiger partial charge in [-0.3, -0.25) is 0 Å². The molecule has 0 aliphatic heterocycles. The fourth-order valence-corrected chi connectivity index (χ4v) is 0.862. The summed E-state index contributed by atoms with van der Waals surface area (Å²) in [5.41, 5.74) is 0. The fourth-order valence-electron chi connectivity index (χ4n) is 0.862. The summed E-state index contributed by atoms with van der Waals surface area (Å²) in [6, 6.07) is 0. The summed E-state index contributed by atoms with van der Waals surface area (Å²) in [4.78, 5) is 0. The Morgan fingerprint density at radius 3 is 2.08 bits per heavy atom. The average Bonchev–Trinajstić information content (AvgIpc) is 1.97. The monoisotopic (exact) mass is 190 g/mol. The van der Waals surface area contributed by atoms with Crippen molar-refractivity contribution in [2.75, 3.05) is 0 Å². The van der Waals surface area contributed by atoms with Crippen LogP contribution in [0.4, 0.5) is 8.78 Å². The Kier molecular flexibility index (Phi) is 5.19. The zero-order valence-corrected chi connectivity index (χ0v) is 8.98. The predicted octanol–water partition coefficient (Wildman–Crippen LogP) is 4.27. The molecule has 0 aliphatic carbocycles. The Morgan fingerprint density at radius 2 is 1.69 bits per heavy atom. The van der Waals surface area contributed by atoms with Gasteiger partial charge in [0.15, 0.2) is 0 Å². The highest BCUT2D eigenvalue weighted by Gasteiger charge is 2.29. The smallest absolute Gasteiger partial charge is 0.202 e. The lowest BCUT2D eigenvalue weighted by atomic mass is 10.0. The molecule has 0 aromatic rings. The number of halogens is 2. The molecule has 0 N–H and O–H groups in total. The first-order chi connectivity index (χ1) is 5.86. The van der Waals surface area contributed by atoms with Gasteiger partial charge in [-0.2, -0.15) is 0 Å². The molecule has 2 heteroatoms. The van der Waals surface area contributed by atoms with Crippen molar-refractivity contribution >= 4 is 0 Å². The van der Waals surface area contributed by atoms with Crippen LogP contribution in [0, 0.1) is 11.8 Å². The van der Waals surface area contributed by atoms with Gasteiger partial charge in [-0.1, -0.05) is 33.8 Å². The zero-order chi connectivity index (χ0) is 10.5. The highest BCUT2D eigenvalue weighted by molar-refractivity contribution is 4.96. The Bertz CT molecular complexity index is 157. The van der Waals surface area contributed by atoms with E-state index in [9.17, 15) is 8.78 Å². The van der Waals surface area contributed by atoms with E-state index in [2.05, 4.69) is 13.8 Å². The molecule has 0 aromatic heterocycles. The molecule has 0 rings (SSSR count). The molecule has 0 nitrogen and oxygen atoms in total. The number of hydrogen-bond acceptors (Lipinski definition) is 0. The molecule has 0 bridgehead atoms. The molecular weight excluding hydrogens is 170 g/mol. The standard InChI is InChI=1S/C11H20F2/c1-9(2)7-5-6-8-11(12,13)10(3)4/h6,8-10H,5,7H2,1-4H3/b8-6+. The quantitative estimate of drug-likeness (QED) is 0.568. The van der Waals surface area contributed by atoms with Crippen molar-refractivity contribution in [1.29, 1.82) is 0 Å². The van der Waals surface area contributed by atoms with Crippen molar-refractivity contribution in [3.63, 3.8) is 0 Å². The van der Waals surface area contributed by atoms with E-state index >= 15 is 0 Å². The maximum absolute atomic E-state index is 13.0. The maximum Gasteiger partial charge on any atom is 0.268 e. The van der Waals surface area contributed by atoms with E-state index in [0.717, 1.165) is 18.9 Å². The Hall–Kier alpha value is -0.400. The van der Waals surface area contributed by atoms with E-state index in [-0.39, 0.29) is 0 Å². The Morgan fingerprint density at radius 1 is 1.15 bits per heavy atom. The van der Waals surface area contributed by atoms with Crippen LogP contribution >= 0.6 is 0 Å². The van der Waals surface area contributed by atoms with Crippen LogP contribution < -0.4 is 0 Å². The summed E-state index contributed by atoms with van der Waals surface area (Å²) in [6.07, 6.45) is 4.37. The van der Waals surface area contributed by atoms with Crippen LogP contribution in [0.5, 0.6) is 0 Å². The van der Waals surface area contributed by atoms with Crippen LogP contribution in [0.15, 0.2) is 12.2 Å². The SMILES string of the molecule is CC(C)CC/C=C/C(F)(F)C(C)C. The summed E-state index contributed by atoms with van der Waals surface area (Å²) in [5.74, 6) is -2.67. The molecular formula is C11H20F2. The summed E-state index contributed by atoms with van der Waals surface area (Å²) >= 11 is 0. The van der Waals surface area contributed by atoms with Crippen LogP contribution in [-0.4, -0.2) is 5.92 Å². The molecule has 0 amide bonds. The minimum Gasteiger partial charge on any atom is -0.202 e. The lowest BCUT2D eigenvalue weighted by Crippen LogP contribution is -2.20. The van der Waals surface area contributed by atoms with Gasteiger partial charge in [-0.25, -0.2) is 8.78 Å².